The molecule has 1 aromatic rings. The standard InChI is InChI=1S/C14H21NO/c1-12-10-14(16,11-15(12)2)9-8-13-6-4-3-5-7-13/h3-7,12,16H,8-11H2,1-2H3. The minimum atomic E-state index is -0.482. The van der Waals surface area contributed by atoms with Crippen molar-refractivity contribution < 1.29 is 5.11 Å². The van der Waals surface area contributed by atoms with Gasteiger partial charge >= 0.3 is 0 Å². The highest BCUT2D eigenvalue weighted by Gasteiger charge is 2.38. The van der Waals surface area contributed by atoms with E-state index in [2.05, 4.69) is 43.1 Å². The smallest absolute Gasteiger partial charge is 0.0792 e. The third-order valence-electron chi connectivity index (χ3n) is 3.69. The van der Waals surface area contributed by atoms with E-state index < -0.39 is 5.60 Å². The van der Waals surface area contributed by atoms with Gasteiger partial charge in [-0.1, -0.05) is 30.3 Å². The molecular weight excluding hydrogens is 198 g/mol. The number of likely N-dealkylation sites (tertiary alicyclic amines) is 1. The molecule has 0 aliphatic carbocycles. The molecule has 2 atom stereocenters. The van der Waals surface area contributed by atoms with Crippen LogP contribution >= 0.6 is 0 Å². The Kier molecular flexibility index (Phi) is 3.31. The minimum Gasteiger partial charge on any atom is -0.388 e. The molecule has 1 N–H and O–H groups in total. The largest absolute Gasteiger partial charge is 0.388 e. The molecule has 1 fully saturated rings. The van der Waals surface area contributed by atoms with Gasteiger partial charge in [-0.25, -0.2) is 0 Å². The predicted octanol–water partition coefficient (Wildman–Crippen LogP) is 2.07. The zero-order valence-electron chi connectivity index (χ0n) is 10.2. The monoisotopic (exact) mass is 219 g/mol. The van der Waals surface area contributed by atoms with Crippen LogP contribution in [0.2, 0.25) is 0 Å². The van der Waals surface area contributed by atoms with Crippen LogP contribution in [0.3, 0.4) is 0 Å². The van der Waals surface area contributed by atoms with Gasteiger partial charge in [0.1, 0.15) is 0 Å². The SMILES string of the molecule is CC1CC(O)(CCc2ccccc2)CN1C. The first-order valence-corrected chi connectivity index (χ1v) is 6.06. The van der Waals surface area contributed by atoms with Gasteiger partial charge in [-0.3, -0.25) is 0 Å². The van der Waals surface area contributed by atoms with Crippen molar-refractivity contribution in [2.24, 2.45) is 0 Å². The van der Waals surface area contributed by atoms with Crippen LogP contribution in [0, 0.1) is 0 Å². The minimum absolute atomic E-state index is 0.482. The maximum Gasteiger partial charge on any atom is 0.0792 e. The lowest BCUT2D eigenvalue weighted by molar-refractivity contribution is 0.0431. The second kappa shape index (κ2) is 4.56. The van der Waals surface area contributed by atoms with Crippen LogP contribution in [0.25, 0.3) is 0 Å². The van der Waals surface area contributed by atoms with Crippen LogP contribution in [0.1, 0.15) is 25.3 Å². The first kappa shape index (κ1) is 11.6. The van der Waals surface area contributed by atoms with E-state index in [-0.39, 0.29) is 0 Å². The maximum absolute atomic E-state index is 10.5. The van der Waals surface area contributed by atoms with Crippen LogP contribution in [-0.4, -0.2) is 35.2 Å². The molecule has 2 nitrogen and oxygen atoms in total. The van der Waals surface area contributed by atoms with Crippen molar-refractivity contribution in [2.75, 3.05) is 13.6 Å². The Labute approximate surface area is 97.9 Å². The Morgan fingerprint density at radius 2 is 2.06 bits per heavy atom. The Balaban J connectivity index is 1.91. The van der Waals surface area contributed by atoms with Gasteiger partial charge in [0.05, 0.1) is 5.60 Å². The van der Waals surface area contributed by atoms with Gasteiger partial charge in [0.15, 0.2) is 0 Å². The summed E-state index contributed by atoms with van der Waals surface area (Å²) in [5.41, 5.74) is 0.836. The number of hydrogen-bond donors (Lipinski definition) is 1. The van der Waals surface area contributed by atoms with Crippen LogP contribution in [0.15, 0.2) is 30.3 Å². The average molecular weight is 219 g/mol. The lowest BCUT2D eigenvalue weighted by atomic mass is 9.93. The van der Waals surface area contributed by atoms with Crippen molar-refractivity contribution in [1.82, 2.24) is 4.90 Å². The van der Waals surface area contributed by atoms with E-state index >= 15 is 0 Å². The summed E-state index contributed by atoms with van der Waals surface area (Å²) >= 11 is 0. The molecule has 1 saturated heterocycles. The van der Waals surface area contributed by atoms with Crippen molar-refractivity contribution in [2.45, 2.75) is 37.8 Å². The van der Waals surface area contributed by atoms with E-state index in [9.17, 15) is 5.11 Å². The number of benzene rings is 1. The lowest BCUT2D eigenvalue weighted by Gasteiger charge is -2.22. The van der Waals surface area contributed by atoms with Gasteiger partial charge in [-0.05, 0) is 38.8 Å². The van der Waals surface area contributed by atoms with E-state index in [1.807, 2.05) is 6.07 Å². The molecule has 0 bridgehead atoms. The number of aliphatic hydroxyl groups is 1. The Bertz CT molecular complexity index is 326. The summed E-state index contributed by atoms with van der Waals surface area (Å²) in [7, 11) is 2.09. The number of rotatable bonds is 3. The normalized spacial score (nSPS) is 30.8. The Morgan fingerprint density at radius 1 is 1.38 bits per heavy atom. The molecule has 1 aliphatic rings. The molecule has 0 aromatic heterocycles. The lowest BCUT2D eigenvalue weighted by Crippen LogP contribution is -2.32. The molecule has 0 saturated carbocycles. The maximum atomic E-state index is 10.5. The molecule has 1 aromatic carbocycles. The van der Waals surface area contributed by atoms with Gasteiger partial charge in [0.2, 0.25) is 0 Å². The van der Waals surface area contributed by atoms with E-state index in [1.54, 1.807) is 0 Å². The molecule has 0 amide bonds. The van der Waals surface area contributed by atoms with E-state index in [1.165, 1.54) is 5.56 Å². The van der Waals surface area contributed by atoms with Crippen molar-refractivity contribution >= 4 is 0 Å². The number of nitrogens with zero attached hydrogens (tertiary/aromatic N) is 1. The molecule has 0 radical (unpaired) electrons. The summed E-state index contributed by atoms with van der Waals surface area (Å²) in [5.74, 6) is 0. The summed E-state index contributed by atoms with van der Waals surface area (Å²) in [6.45, 7) is 2.99. The topological polar surface area (TPSA) is 23.5 Å². The molecule has 1 heterocycles. The highest BCUT2D eigenvalue weighted by Crippen LogP contribution is 2.29. The summed E-state index contributed by atoms with van der Waals surface area (Å²) in [5, 5.41) is 10.5. The zero-order chi connectivity index (χ0) is 11.6. The summed E-state index contributed by atoms with van der Waals surface area (Å²) in [4.78, 5) is 2.24. The molecule has 1 aliphatic heterocycles. The van der Waals surface area contributed by atoms with Crippen molar-refractivity contribution in [1.29, 1.82) is 0 Å². The van der Waals surface area contributed by atoms with Gasteiger partial charge in [0.25, 0.3) is 0 Å². The molecule has 2 unspecified atom stereocenters. The van der Waals surface area contributed by atoms with Crippen LogP contribution in [-0.2, 0) is 6.42 Å². The summed E-state index contributed by atoms with van der Waals surface area (Å²) in [6.07, 6.45) is 2.74. The molecule has 2 rings (SSSR count). The second-order valence-electron chi connectivity index (χ2n) is 5.18. The fourth-order valence-corrected chi connectivity index (χ4v) is 2.59. The van der Waals surface area contributed by atoms with Crippen LogP contribution in [0.4, 0.5) is 0 Å². The van der Waals surface area contributed by atoms with Crippen molar-refractivity contribution in [3.63, 3.8) is 0 Å². The van der Waals surface area contributed by atoms with E-state index in [0.717, 1.165) is 25.8 Å². The van der Waals surface area contributed by atoms with E-state index in [4.69, 9.17) is 0 Å². The van der Waals surface area contributed by atoms with Gasteiger partial charge < -0.3 is 10.0 Å². The van der Waals surface area contributed by atoms with Crippen LogP contribution in [0.5, 0.6) is 0 Å². The first-order valence-electron chi connectivity index (χ1n) is 6.06. The molecule has 0 spiro atoms. The summed E-state index contributed by atoms with van der Waals surface area (Å²) in [6, 6.07) is 10.9. The number of likely N-dealkylation sites (N-methyl/N-ethyl adjacent to an activating group) is 1. The third-order valence-corrected chi connectivity index (χ3v) is 3.69. The highest BCUT2D eigenvalue weighted by molar-refractivity contribution is 5.15. The van der Waals surface area contributed by atoms with Crippen molar-refractivity contribution in [3.8, 4) is 0 Å². The molecular formula is C14H21NO. The molecule has 16 heavy (non-hydrogen) atoms. The third kappa shape index (κ3) is 2.63. The van der Waals surface area contributed by atoms with Gasteiger partial charge in [0, 0.05) is 12.6 Å². The number of β-amino-alcohol motifs (C(OH)–C–C–N with tert-alkyl or cyclic N) is 1. The highest BCUT2D eigenvalue weighted by atomic mass is 16.3. The Hall–Kier alpha value is -0.860. The first-order chi connectivity index (χ1) is 7.59. The quantitative estimate of drug-likeness (QED) is 0.841. The number of hydrogen-bond acceptors (Lipinski definition) is 2. The molecule has 2 heteroatoms. The van der Waals surface area contributed by atoms with E-state index in [0.29, 0.717) is 6.04 Å². The van der Waals surface area contributed by atoms with Gasteiger partial charge in [-0.2, -0.15) is 0 Å². The van der Waals surface area contributed by atoms with Gasteiger partial charge in [-0.15, -0.1) is 0 Å². The molecule has 88 valence electrons. The number of aryl methyl sites for hydroxylation is 1. The predicted molar refractivity (Wildman–Crippen MR) is 66.4 cm³/mol. The van der Waals surface area contributed by atoms with Crippen molar-refractivity contribution in [3.05, 3.63) is 35.9 Å². The fraction of sp³-hybridized carbons (Fsp3) is 0.571. The second-order valence-corrected chi connectivity index (χ2v) is 5.18. The van der Waals surface area contributed by atoms with Crippen LogP contribution < -0.4 is 0 Å². The average Bonchev–Trinajstić information content (AvgIpc) is 2.53. The fourth-order valence-electron chi connectivity index (χ4n) is 2.59. The Morgan fingerprint density at radius 3 is 2.62 bits per heavy atom. The zero-order valence-corrected chi connectivity index (χ0v) is 10.2. The summed E-state index contributed by atoms with van der Waals surface area (Å²) < 4.78 is 0.